The minimum absolute atomic E-state index is 0.312. The fourth-order valence-electron chi connectivity index (χ4n) is 3.83. The fraction of sp³-hybridized carbons (Fsp3) is 0.300. The zero-order valence-electron chi connectivity index (χ0n) is 16.0. The SMILES string of the molecule is O=C1OCCN1c1cc2nc(-c3ccc4[nH]ncc4c3)nc(N3CCOCC3)c2s1. The molecule has 1 N–H and O–H groups in total. The molecule has 4 aromatic rings. The van der Waals surface area contributed by atoms with Crippen LogP contribution in [0.15, 0.2) is 30.5 Å². The van der Waals surface area contributed by atoms with Gasteiger partial charge in [0.2, 0.25) is 0 Å². The van der Waals surface area contributed by atoms with E-state index >= 15 is 0 Å². The van der Waals surface area contributed by atoms with Crippen molar-refractivity contribution in [1.29, 1.82) is 0 Å². The molecule has 10 heteroatoms. The Kier molecular flexibility index (Phi) is 4.06. The number of amides is 1. The fourth-order valence-corrected chi connectivity index (χ4v) is 4.96. The summed E-state index contributed by atoms with van der Waals surface area (Å²) in [6.07, 6.45) is 1.48. The molecular formula is C20H18N6O3S. The van der Waals surface area contributed by atoms with Gasteiger partial charge in [0.05, 0.1) is 41.7 Å². The number of benzene rings is 1. The normalized spacial score (nSPS) is 17.3. The van der Waals surface area contributed by atoms with E-state index in [9.17, 15) is 4.79 Å². The smallest absolute Gasteiger partial charge is 0.415 e. The summed E-state index contributed by atoms with van der Waals surface area (Å²) in [5, 5.41) is 8.91. The van der Waals surface area contributed by atoms with E-state index in [2.05, 4.69) is 15.1 Å². The zero-order valence-corrected chi connectivity index (χ0v) is 16.8. The number of anilines is 2. The van der Waals surface area contributed by atoms with Gasteiger partial charge in [0.15, 0.2) is 11.6 Å². The van der Waals surface area contributed by atoms with Gasteiger partial charge in [-0.1, -0.05) is 0 Å². The van der Waals surface area contributed by atoms with Gasteiger partial charge >= 0.3 is 6.09 Å². The minimum Gasteiger partial charge on any atom is -0.447 e. The first-order valence-corrected chi connectivity index (χ1v) is 10.6. The molecule has 0 radical (unpaired) electrons. The molecule has 5 heterocycles. The standard InChI is InChI=1S/C20H18N6O3S/c27-20-26(5-8-29-20)16-10-15-17(30-16)19(25-3-6-28-7-4-25)23-18(22-15)12-1-2-14-13(9-12)11-21-24-14/h1-2,9-11H,3-8H2,(H,21,24). The first-order valence-electron chi connectivity index (χ1n) is 9.78. The number of fused-ring (bicyclic) bond motifs is 2. The van der Waals surface area contributed by atoms with Crippen LogP contribution in [-0.4, -0.2) is 65.7 Å². The molecular weight excluding hydrogens is 404 g/mol. The molecule has 9 nitrogen and oxygen atoms in total. The third-order valence-corrected chi connectivity index (χ3v) is 6.52. The number of nitrogens with one attached hydrogen (secondary N) is 1. The number of cyclic esters (lactones) is 1. The molecule has 1 amide bonds. The number of morpholine rings is 1. The van der Waals surface area contributed by atoms with E-state index in [4.69, 9.17) is 19.4 Å². The van der Waals surface area contributed by atoms with Gasteiger partial charge in [-0.25, -0.2) is 14.8 Å². The number of H-pyrrole nitrogens is 1. The molecule has 2 fully saturated rings. The van der Waals surface area contributed by atoms with E-state index < -0.39 is 0 Å². The van der Waals surface area contributed by atoms with Gasteiger partial charge in [-0.05, 0) is 24.3 Å². The molecule has 0 saturated carbocycles. The Morgan fingerprint density at radius 1 is 1.07 bits per heavy atom. The van der Waals surface area contributed by atoms with Crippen molar-refractivity contribution in [3.63, 3.8) is 0 Å². The Morgan fingerprint density at radius 3 is 2.80 bits per heavy atom. The van der Waals surface area contributed by atoms with Crippen LogP contribution in [0.4, 0.5) is 15.6 Å². The summed E-state index contributed by atoms with van der Waals surface area (Å²) in [6, 6.07) is 7.97. The monoisotopic (exact) mass is 422 g/mol. The van der Waals surface area contributed by atoms with E-state index in [0.29, 0.717) is 32.2 Å². The number of thiophene rings is 1. The number of aromatic nitrogens is 4. The number of ether oxygens (including phenoxy) is 2. The van der Waals surface area contributed by atoms with Crippen molar-refractivity contribution < 1.29 is 14.3 Å². The van der Waals surface area contributed by atoms with Crippen LogP contribution in [0, 0.1) is 0 Å². The average Bonchev–Trinajstić information content (AvgIpc) is 3.51. The Bertz CT molecular complexity index is 1260. The quantitative estimate of drug-likeness (QED) is 0.542. The Hall–Kier alpha value is -3.24. The van der Waals surface area contributed by atoms with Crippen molar-refractivity contribution in [2.45, 2.75) is 0 Å². The topological polar surface area (TPSA) is 96.5 Å². The number of carbonyl (C=O) groups excluding carboxylic acids is 1. The highest BCUT2D eigenvalue weighted by Crippen LogP contribution is 2.39. The highest BCUT2D eigenvalue weighted by atomic mass is 32.1. The molecule has 1 aromatic carbocycles. The molecule has 6 rings (SSSR count). The van der Waals surface area contributed by atoms with Gasteiger partial charge in [0, 0.05) is 24.0 Å². The van der Waals surface area contributed by atoms with E-state index in [1.165, 1.54) is 11.3 Å². The number of rotatable bonds is 3. The maximum absolute atomic E-state index is 12.1. The van der Waals surface area contributed by atoms with Crippen LogP contribution in [-0.2, 0) is 9.47 Å². The second kappa shape index (κ2) is 6.92. The van der Waals surface area contributed by atoms with Crippen LogP contribution < -0.4 is 9.80 Å². The van der Waals surface area contributed by atoms with Crippen molar-refractivity contribution in [3.8, 4) is 11.4 Å². The molecule has 152 valence electrons. The number of aromatic amines is 1. The third-order valence-electron chi connectivity index (χ3n) is 5.38. The summed E-state index contributed by atoms with van der Waals surface area (Å²) in [4.78, 5) is 25.7. The van der Waals surface area contributed by atoms with E-state index in [1.807, 2.05) is 24.3 Å². The summed E-state index contributed by atoms with van der Waals surface area (Å²) < 4.78 is 11.6. The predicted octanol–water partition coefficient (Wildman–Crippen LogP) is 3.03. The van der Waals surface area contributed by atoms with Crippen LogP contribution in [0.3, 0.4) is 0 Å². The van der Waals surface area contributed by atoms with Crippen LogP contribution in [0.25, 0.3) is 32.5 Å². The van der Waals surface area contributed by atoms with Gasteiger partial charge < -0.3 is 14.4 Å². The predicted molar refractivity (Wildman–Crippen MR) is 114 cm³/mol. The van der Waals surface area contributed by atoms with Crippen LogP contribution in [0.2, 0.25) is 0 Å². The second-order valence-corrected chi connectivity index (χ2v) is 8.24. The molecule has 0 atom stereocenters. The maximum atomic E-state index is 12.1. The molecule has 0 unspecified atom stereocenters. The zero-order chi connectivity index (χ0) is 20.1. The van der Waals surface area contributed by atoms with Crippen molar-refractivity contribution in [2.24, 2.45) is 0 Å². The Labute approximate surface area is 175 Å². The molecule has 2 aliphatic heterocycles. The molecule has 2 saturated heterocycles. The molecule has 30 heavy (non-hydrogen) atoms. The number of hydrogen-bond acceptors (Lipinski definition) is 8. The minimum atomic E-state index is -0.312. The van der Waals surface area contributed by atoms with Gasteiger partial charge in [-0.3, -0.25) is 10.00 Å². The molecule has 3 aromatic heterocycles. The van der Waals surface area contributed by atoms with Gasteiger partial charge in [0.1, 0.15) is 11.6 Å². The molecule has 2 aliphatic rings. The van der Waals surface area contributed by atoms with E-state index in [0.717, 1.165) is 50.6 Å². The van der Waals surface area contributed by atoms with Crippen LogP contribution in [0.1, 0.15) is 0 Å². The molecule has 0 bridgehead atoms. The molecule has 0 aliphatic carbocycles. The highest BCUT2D eigenvalue weighted by Gasteiger charge is 2.27. The summed E-state index contributed by atoms with van der Waals surface area (Å²) in [5.41, 5.74) is 2.72. The highest BCUT2D eigenvalue weighted by molar-refractivity contribution is 7.23. The maximum Gasteiger partial charge on any atom is 0.415 e. The van der Waals surface area contributed by atoms with Crippen molar-refractivity contribution in [1.82, 2.24) is 20.2 Å². The van der Waals surface area contributed by atoms with Gasteiger partial charge in [-0.2, -0.15) is 5.10 Å². The number of hydrogen-bond donors (Lipinski definition) is 1. The second-order valence-electron chi connectivity index (χ2n) is 7.21. The lowest BCUT2D eigenvalue weighted by Gasteiger charge is -2.28. The number of nitrogens with zero attached hydrogens (tertiary/aromatic N) is 5. The van der Waals surface area contributed by atoms with Crippen LogP contribution >= 0.6 is 11.3 Å². The lowest BCUT2D eigenvalue weighted by Crippen LogP contribution is -2.36. The Morgan fingerprint density at radius 2 is 1.97 bits per heavy atom. The Balaban J connectivity index is 1.51. The van der Waals surface area contributed by atoms with Gasteiger partial charge in [-0.15, -0.1) is 11.3 Å². The molecule has 0 spiro atoms. The van der Waals surface area contributed by atoms with Crippen LogP contribution in [0.5, 0.6) is 0 Å². The average molecular weight is 422 g/mol. The van der Waals surface area contributed by atoms with E-state index in [-0.39, 0.29) is 6.09 Å². The van der Waals surface area contributed by atoms with Crippen molar-refractivity contribution in [2.75, 3.05) is 49.3 Å². The summed E-state index contributed by atoms with van der Waals surface area (Å²) in [5.74, 6) is 1.54. The lowest BCUT2D eigenvalue weighted by molar-refractivity contribution is 0.122. The first kappa shape index (κ1) is 17.6. The third kappa shape index (κ3) is 2.87. The summed E-state index contributed by atoms with van der Waals surface area (Å²) in [7, 11) is 0. The lowest BCUT2D eigenvalue weighted by atomic mass is 10.1. The largest absolute Gasteiger partial charge is 0.447 e. The van der Waals surface area contributed by atoms with Gasteiger partial charge in [0.25, 0.3) is 0 Å². The summed E-state index contributed by atoms with van der Waals surface area (Å²) in [6.45, 7) is 3.83. The van der Waals surface area contributed by atoms with Crippen molar-refractivity contribution >= 4 is 49.4 Å². The first-order chi connectivity index (χ1) is 14.8. The summed E-state index contributed by atoms with van der Waals surface area (Å²) >= 11 is 1.53. The number of carbonyl (C=O) groups is 1. The van der Waals surface area contributed by atoms with E-state index in [1.54, 1.807) is 11.1 Å². The van der Waals surface area contributed by atoms with Crippen molar-refractivity contribution in [3.05, 3.63) is 30.5 Å².